The van der Waals surface area contributed by atoms with E-state index in [-0.39, 0.29) is 17.9 Å². The number of carbonyl (C=O) groups is 3. The largest absolute Gasteiger partial charge is 0.489 e. The molecular formula is C35H36F8N6O5. The van der Waals surface area contributed by atoms with Gasteiger partial charge >= 0.3 is 12.4 Å². The second kappa shape index (κ2) is 15.5. The zero-order valence-corrected chi connectivity index (χ0v) is 29.4. The fraction of sp³-hybridized carbons (Fsp3) is 0.457. The molecule has 1 unspecified atom stereocenters. The van der Waals surface area contributed by atoms with Crippen molar-refractivity contribution in [2.45, 2.75) is 45.7 Å². The third-order valence-electron chi connectivity index (χ3n) is 8.95. The second-order valence-corrected chi connectivity index (χ2v) is 13.8. The molecule has 3 aromatic rings. The zero-order valence-electron chi connectivity index (χ0n) is 29.4. The topological polar surface area (TPSA) is 117 Å². The molecule has 0 bridgehead atoms. The summed E-state index contributed by atoms with van der Waals surface area (Å²) >= 11 is 0. The number of morpholine rings is 1. The molecule has 2 atom stereocenters. The first-order chi connectivity index (χ1) is 25.2. The van der Waals surface area contributed by atoms with Crippen LogP contribution in [0.2, 0.25) is 0 Å². The van der Waals surface area contributed by atoms with Crippen LogP contribution in [0.15, 0.2) is 42.7 Å². The minimum absolute atomic E-state index is 0.0522. The number of rotatable bonds is 9. The van der Waals surface area contributed by atoms with Crippen LogP contribution in [0.25, 0.3) is 11.3 Å². The van der Waals surface area contributed by atoms with E-state index in [1.807, 2.05) is 4.90 Å². The fourth-order valence-electron chi connectivity index (χ4n) is 6.31. The summed E-state index contributed by atoms with van der Waals surface area (Å²) in [6.07, 6.45) is -9.48. The van der Waals surface area contributed by atoms with Crippen molar-refractivity contribution in [3.63, 3.8) is 0 Å². The number of carbonyl (C=O) groups excluding carboxylic acids is 3. The number of benzene rings is 2. The molecule has 0 spiro atoms. The summed E-state index contributed by atoms with van der Waals surface area (Å²) in [6, 6.07) is 3.27. The summed E-state index contributed by atoms with van der Waals surface area (Å²) < 4.78 is 123. The molecular weight excluding hydrogens is 736 g/mol. The number of ketones is 1. The molecule has 0 radical (unpaired) electrons. The Hall–Kier alpha value is -4.75. The SMILES string of the molecule is CN1[C@@H](C(C)(C)C)C(=O)C(C(=O)Nc2ccc(C(F)(F)F)cc2-c2cc(C(F)(F)F)ncn2)C(=O)N1Cc1ccc(OCCN2CCOCC2)c(F)c1F. The van der Waals surface area contributed by atoms with E-state index in [0.29, 0.717) is 57.4 Å². The Balaban J connectivity index is 1.44. The maximum Gasteiger partial charge on any atom is 0.433 e. The monoisotopic (exact) mass is 772 g/mol. The standard InChI is InChI=1S/C35H36F8N6O5/c1-33(2,3)30-29(50)26(31(51)46-22-7-6-20(34(38,39)40)15-21(22)23-16-25(35(41,42)43)45-18-44-23)32(52)49(47(30)4)17-19-5-8-24(28(37)27(19)36)54-14-11-48-9-12-53-13-10-48/h5-8,15-16,18,26,30H,9-14,17H2,1-4H3,(H,46,51)/t26?,30-/m1/s1. The van der Waals surface area contributed by atoms with Crippen LogP contribution in [-0.4, -0.2) is 95.0 Å². The highest BCUT2D eigenvalue weighted by Crippen LogP contribution is 2.39. The Kier molecular flexibility index (Phi) is 11.6. The van der Waals surface area contributed by atoms with E-state index in [0.717, 1.165) is 11.1 Å². The quantitative estimate of drug-likeness (QED) is 0.219. The van der Waals surface area contributed by atoms with Gasteiger partial charge in [0.25, 0.3) is 5.91 Å². The van der Waals surface area contributed by atoms with E-state index >= 15 is 8.78 Å². The van der Waals surface area contributed by atoms with E-state index < -0.39 is 93.7 Å². The molecule has 2 saturated heterocycles. The summed E-state index contributed by atoms with van der Waals surface area (Å²) in [4.78, 5) is 50.5. The first-order valence-electron chi connectivity index (χ1n) is 16.6. The van der Waals surface area contributed by atoms with E-state index in [2.05, 4.69) is 15.3 Å². The number of amides is 2. The van der Waals surface area contributed by atoms with Crippen molar-refractivity contribution >= 4 is 23.3 Å². The predicted molar refractivity (Wildman–Crippen MR) is 175 cm³/mol. The highest BCUT2D eigenvalue weighted by atomic mass is 19.4. The molecule has 1 aromatic heterocycles. The van der Waals surface area contributed by atoms with E-state index in [1.54, 1.807) is 20.8 Å². The summed E-state index contributed by atoms with van der Waals surface area (Å²) in [7, 11) is 1.35. The van der Waals surface area contributed by atoms with Crippen LogP contribution >= 0.6 is 0 Å². The van der Waals surface area contributed by atoms with Crippen molar-refractivity contribution in [3.8, 4) is 17.0 Å². The molecule has 292 valence electrons. The predicted octanol–water partition coefficient (Wildman–Crippen LogP) is 5.60. The van der Waals surface area contributed by atoms with Crippen molar-refractivity contribution in [3.05, 3.63) is 71.2 Å². The van der Waals surface area contributed by atoms with Gasteiger partial charge in [0.2, 0.25) is 11.7 Å². The number of Topliss-reactive ketones (excluding diaryl/α,β-unsaturated/α-hetero) is 1. The molecule has 5 rings (SSSR count). The number of likely N-dealkylation sites (N-methyl/N-ethyl adjacent to an activating group) is 1. The molecule has 1 N–H and O–H groups in total. The zero-order chi connectivity index (χ0) is 39.7. The van der Waals surface area contributed by atoms with Crippen LogP contribution in [0.3, 0.4) is 0 Å². The second-order valence-electron chi connectivity index (χ2n) is 13.8. The van der Waals surface area contributed by atoms with Crippen LogP contribution in [0.5, 0.6) is 5.75 Å². The number of halogens is 8. The molecule has 2 amide bonds. The van der Waals surface area contributed by atoms with Gasteiger partial charge in [0.15, 0.2) is 23.3 Å². The molecule has 2 aromatic carbocycles. The molecule has 2 aliphatic heterocycles. The van der Waals surface area contributed by atoms with Gasteiger partial charge in [-0.2, -0.15) is 30.7 Å². The Labute approximate surface area is 304 Å². The number of ether oxygens (including phenoxy) is 2. The van der Waals surface area contributed by atoms with Crippen molar-refractivity contribution in [2.75, 3.05) is 51.8 Å². The van der Waals surface area contributed by atoms with Gasteiger partial charge in [0, 0.05) is 37.8 Å². The molecule has 0 saturated carbocycles. The molecule has 2 aliphatic rings. The lowest BCUT2D eigenvalue weighted by Crippen LogP contribution is -2.66. The Morgan fingerprint density at radius 1 is 0.944 bits per heavy atom. The Morgan fingerprint density at radius 3 is 2.26 bits per heavy atom. The van der Waals surface area contributed by atoms with Crippen LogP contribution in [0.4, 0.5) is 40.8 Å². The average molecular weight is 773 g/mol. The minimum atomic E-state index is -5.00. The molecule has 19 heteroatoms. The molecule has 11 nitrogen and oxygen atoms in total. The fourth-order valence-corrected chi connectivity index (χ4v) is 6.31. The molecule has 0 aliphatic carbocycles. The summed E-state index contributed by atoms with van der Waals surface area (Å²) in [5.74, 6) is -8.64. The van der Waals surface area contributed by atoms with Crippen molar-refractivity contribution < 1.29 is 59.0 Å². The van der Waals surface area contributed by atoms with Crippen LogP contribution in [0, 0.1) is 23.0 Å². The average Bonchev–Trinajstić information content (AvgIpc) is 3.08. The lowest BCUT2D eigenvalue weighted by atomic mass is 9.78. The number of anilines is 1. The Morgan fingerprint density at radius 2 is 1.63 bits per heavy atom. The third-order valence-corrected chi connectivity index (χ3v) is 8.95. The number of aromatic nitrogens is 2. The van der Waals surface area contributed by atoms with Gasteiger partial charge in [0.1, 0.15) is 18.6 Å². The van der Waals surface area contributed by atoms with Gasteiger partial charge in [-0.15, -0.1) is 0 Å². The van der Waals surface area contributed by atoms with Gasteiger partial charge in [-0.05, 0) is 35.7 Å². The maximum atomic E-state index is 15.5. The first-order valence-corrected chi connectivity index (χ1v) is 16.6. The summed E-state index contributed by atoms with van der Waals surface area (Å²) in [5.41, 5.74) is -5.86. The van der Waals surface area contributed by atoms with E-state index in [9.17, 15) is 40.7 Å². The highest BCUT2D eigenvalue weighted by Gasteiger charge is 2.52. The minimum Gasteiger partial charge on any atom is -0.489 e. The van der Waals surface area contributed by atoms with E-state index in [4.69, 9.17) is 9.47 Å². The lowest BCUT2D eigenvalue weighted by Gasteiger charge is -2.48. The number of hydrogen-bond acceptors (Lipinski definition) is 9. The van der Waals surface area contributed by atoms with Gasteiger partial charge in [0.05, 0.1) is 42.7 Å². The number of hydrogen-bond donors (Lipinski definition) is 1. The van der Waals surface area contributed by atoms with Crippen LogP contribution in [-0.2, 0) is 38.0 Å². The maximum absolute atomic E-state index is 15.5. The van der Waals surface area contributed by atoms with Gasteiger partial charge < -0.3 is 14.8 Å². The molecule has 3 heterocycles. The molecule has 2 fully saturated rings. The van der Waals surface area contributed by atoms with Crippen molar-refractivity contribution in [1.82, 2.24) is 24.9 Å². The highest BCUT2D eigenvalue weighted by molar-refractivity contribution is 6.24. The number of nitrogens with one attached hydrogen (secondary N) is 1. The number of hydrazine groups is 1. The van der Waals surface area contributed by atoms with Gasteiger partial charge in [-0.3, -0.25) is 24.3 Å². The lowest BCUT2D eigenvalue weighted by molar-refractivity contribution is -0.180. The van der Waals surface area contributed by atoms with Crippen LogP contribution in [0.1, 0.15) is 37.6 Å². The van der Waals surface area contributed by atoms with Crippen molar-refractivity contribution in [1.29, 1.82) is 0 Å². The van der Waals surface area contributed by atoms with Gasteiger partial charge in [-0.1, -0.05) is 26.8 Å². The van der Waals surface area contributed by atoms with Crippen molar-refractivity contribution in [2.24, 2.45) is 11.3 Å². The Bertz CT molecular complexity index is 1890. The van der Waals surface area contributed by atoms with Gasteiger partial charge in [-0.25, -0.2) is 19.4 Å². The molecule has 54 heavy (non-hydrogen) atoms. The smallest absolute Gasteiger partial charge is 0.433 e. The first kappa shape index (κ1) is 40.4. The normalized spacial score (nSPS) is 19.3. The van der Waals surface area contributed by atoms with E-state index in [1.165, 1.54) is 24.2 Å². The summed E-state index contributed by atoms with van der Waals surface area (Å²) in [5, 5.41) is 4.30. The van der Waals surface area contributed by atoms with Crippen LogP contribution < -0.4 is 10.1 Å². The number of nitrogens with zero attached hydrogens (tertiary/aromatic N) is 5. The summed E-state index contributed by atoms with van der Waals surface area (Å²) in [6.45, 7) is 7.10. The third kappa shape index (κ3) is 8.79. The number of alkyl halides is 6.